The van der Waals surface area contributed by atoms with Crippen molar-refractivity contribution in [3.63, 3.8) is 0 Å². The van der Waals surface area contributed by atoms with E-state index in [2.05, 4.69) is 21.5 Å². The standard InChI is InChI=1S/C31H42N4O7S/c1-6-11-40-12-13-41-14-15-42-19-26(37)34-28(31(3,4)5)30(39)35-18-24(36)16-25(35)29(38)32-17-22-7-9-23(10-8-22)27-21(2)33-20-43-27/h1,7-10,20,24-25,28,36H,11-19H2,2-5H3,(H,32,38)(H,34,37)/t24-,25+,28?/m1/s1. The van der Waals surface area contributed by atoms with Crippen molar-refractivity contribution in [3.8, 4) is 22.8 Å². The third-order valence-electron chi connectivity index (χ3n) is 6.87. The number of aryl methyl sites for hydroxylation is 1. The van der Waals surface area contributed by atoms with E-state index < -0.39 is 35.4 Å². The van der Waals surface area contributed by atoms with Crippen LogP contribution in [0.5, 0.6) is 0 Å². The Kier molecular flexibility index (Phi) is 13.1. The number of carbonyl (C=O) groups is 3. The summed E-state index contributed by atoms with van der Waals surface area (Å²) >= 11 is 1.57. The normalized spacial score (nSPS) is 17.3. The summed E-state index contributed by atoms with van der Waals surface area (Å²) in [6.45, 7) is 8.85. The third kappa shape index (κ3) is 10.4. The lowest BCUT2D eigenvalue weighted by Crippen LogP contribution is -2.58. The molecule has 1 aromatic carbocycles. The Hall–Kier alpha value is -3.34. The highest BCUT2D eigenvalue weighted by Gasteiger charge is 2.44. The molecule has 3 rings (SSSR count). The topological polar surface area (TPSA) is 139 Å². The number of amides is 3. The SMILES string of the molecule is C#CCOCCOCCOCC(=O)NC(C(=O)N1C[C@H](O)C[C@H]1C(=O)NCc1ccc(-c2scnc2C)cc1)C(C)(C)C. The van der Waals surface area contributed by atoms with Crippen LogP contribution in [0, 0.1) is 24.7 Å². The fourth-order valence-electron chi connectivity index (χ4n) is 4.62. The number of aromatic nitrogens is 1. The van der Waals surface area contributed by atoms with E-state index in [0.29, 0.717) is 13.2 Å². The van der Waals surface area contributed by atoms with Gasteiger partial charge in [0.15, 0.2) is 0 Å². The number of ether oxygens (including phenoxy) is 3. The quantitative estimate of drug-likeness (QED) is 0.204. The van der Waals surface area contributed by atoms with Gasteiger partial charge in [-0.15, -0.1) is 17.8 Å². The molecule has 0 radical (unpaired) electrons. The lowest BCUT2D eigenvalue weighted by Gasteiger charge is -2.35. The second-order valence-corrected chi connectivity index (χ2v) is 12.2. The molecule has 3 N–H and O–H groups in total. The van der Waals surface area contributed by atoms with Gasteiger partial charge in [0.25, 0.3) is 0 Å². The number of carbonyl (C=O) groups excluding carboxylic acids is 3. The van der Waals surface area contributed by atoms with E-state index in [1.165, 1.54) is 4.90 Å². The van der Waals surface area contributed by atoms with Crippen LogP contribution < -0.4 is 10.6 Å². The molecule has 3 atom stereocenters. The number of likely N-dealkylation sites (tertiary alicyclic amines) is 1. The number of hydrogen-bond donors (Lipinski definition) is 3. The van der Waals surface area contributed by atoms with E-state index in [0.717, 1.165) is 21.7 Å². The number of thiazole rings is 1. The molecular formula is C31H42N4O7S. The summed E-state index contributed by atoms with van der Waals surface area (Å²) in [6, 6.07) is 6.06. The van der Waals surface area contributed by atoms with Gasteiger partial charge >= 0.3 is 0 Å². The lowest BCUT2D eigenvalue weighted by atomic mass is 9.85. The predicted octanol–water partition coefficient (Wildman–Crippen LogP) is 1.91. The largest absolute Gasteiger partial charge is 0.391 e. The Labute approximate surface area is 257 Å². The molecule has 2 aromatic rings. The average Bonchev–Trinajstić information content (AvgIpc) is 3.58. The van der Waals surface area contributed by atoms with Crippen LogP contribution in [0.2, 0.25) is 0 Å². The molecule has 11 nitrogen and oxygen atoms in total. The minimum Gasteiger partial charge on any atom is -0.391 e. The summed E-state index contributed by atoms with van der Waals surface area (Å²) in [5.74, 6) is 1.10. The highest BCUT2D eigenvalue weighted by Crippen LogP contribution is 2.28. The van der Waals surface area contributed by atoms with Crippen LogP contribution in [-0.2, 0) is 35.1 Å². The van der Waals surface area contributed by atoms with Gasteiger partial charge in [-0.2, -0.15) is 0 Å². The van der Waals surface area contributed by atoms with E-state index in [-0.39, 0.29) is 51.8 Å². The first-order valence-corrected chi connectivity index (χ1v) is 15.1. The van der Waals surface area contributed by atoms with E-state index >= 15 is 0 Å². The van der Waals surface area contributed by atoms with Gasteiger partial charge in [0.1, 0.15) is 25.3 Å². The minimum absolute atomic E-state index is 0.00115. The van der Waals surface area contributed by atoms with Gasteiger partial charge in [0.2, 0.25) is 17.7 Å². The lowest BCUT2D eigenvalue weighted by molar-refractivity contribution is -0.144. The summed E-state index contributed by atoms with van der Waals surface area (Å²) in [5, 5.41) is 16.1. The molecule has 0 aliphatic carbocycles. The molecule has 0 bridgehead atoms. The van der Waals surface area contributed by atoms with Crippen molar-refractivity contribution >= 4 is 29.1 Å². The van der Waals surface area contributed by atoms with Gasteiger partial charge in [-0.05, 0) is 23.5 Å². The number of rotatable bonds is 15. The van der Waals surface area contributed by atoms with Crippen LogP contribution in [0.15, 0.2) is 29.8 Å². The zero-order valence-corrected chi connectivity index (χ0v) is 26.1. The van der Waals surface area contributed by atoms with Crippen molar-refractivity contribution in [1.82, 2.24) is 20.5 Å². The van der Waals surface area contributed by atoms with E-state index in [4.69, 9.17) is 20.6 Å². The first-order valence-electron chi connectivity index (χ1n) is 14.2. The highest BCUT2D eigenvalue weighted by atomic mass is 32.1. The zero-order valence-electron chi connectivity index (χ0n) is 25.3. The maximum absolute atomic E-state index is 13.7. The Bertz CT molecular complexity index is 1250. The fraction of sp³-hybridized carbons (Fsp3) is 0.548. The van der Waals surface area contributed by atoms with Crippen molar-refractivity contribution in [3.05, 3.63) is 41.0 Å². The highest BCUT2D eigenvalue weighted by molar-refractivity contribution is 7.13. The predicted molar refractivity (Wildman–Crippen MR) is 163 cm³/mol. The number of aliphatic hydroxyl groups is 1. The van der Waals surface area contributed by atoms with Crippen LogP contribution in [0.1, 0.15) is 38.4 Å². The molecule has 1 aliphatic rings. The van der Waals surface area contributed by atoms with Crippen molar-refractivity contribution in [2.75, 3.05) is 46.2 Å². The smallest absolute Gasteiger partial charge is 0.246 e. The van der Waals surface area contributed by atoms with Gasteiger partial charge in [-0.1, -0.05) is 51.0 Å². The summed E-state index contributed by atoms with van der Waals surface area (Å²) < 4.78 is 15.8. The molecule has 43 heavy (non-hydrogen) atoms. The molecule has 1 aliphatic heterocycles. The maximum Gasteiger partial charge on any atom is 0.246 e. The number of β-amino-alcohol motifs (C(OH)–C–C–N with tert-alkyl or cyclic N) is 1. The summed E-state index contributed by atoms with van der Waals surface area (Å²) in [4.78, 5) is 46.3. The number of nitrogens with zero attached hydrogens (tertiary/aromatic N) is 2. The van der Waals surface area contributed by atoms with Crippen molar-refractivity contribution in [1.29, 1.82) is 0 Å². The molecule has 0 spiro atoms. The number of benzene rings is 1. The number of aliphatic hydroxyl groups excluding tert-OH is 1. The van der Waals surface area contributed by atoms with E-state index in [1.54, 1.807) is 11.3 Å². The average molecular weight is 615 g/mol. The van der Waals surface area contributed by atoms with E-state index in [1.807, 2.05) is 57.5 Å². The summed E-state index contributed by atoms with van der Waals surface area (Å²) in [5.41, 5.74) is 4.07. The Morgan fingerprint density at radius 3 is 2.44 bits per heavy atom. The van der Waals surface area contributed by atoms with Crippen LogP contribution in [0.25, 0.3) is 10.4 Å². The number of hydrogen-bond acceptors (Lipinski definition) is 9. The van der Waals surface area contributed by atoms with Crippen LogP contribution in [0.3, 0.4) is 0 Å². The first kappa shape index (κ1) is 34.2. The third-order valence-corrected chi connectivity index (χ3v) is 7.85. The summed E-state index contributed by atoms with van der Waals surface area (Å²) in [7, 11) is 0. The Morgan fingerprint density at radius 2 is 1.81 bits per heavy atom. The van der Waals surface area contributed by atoms with Crippen LogP contribution in [0.4, 0.5) is 0 Å². The van der Waals surface area contributed by atoms with Gasteiger partial charge in [0.05, 0.1) is 48.6 Å². The summed E-state index contributed by atoms with van der Waals surface area (Å²) in [6.07, 6.45) is 4.37. The van der Waals surface area contributed by atoms with Gasteiger partial charge in [-0.3, -0.25) is 14.4 Å². The molecule has 234 valence electrons. The molecule has 0 saturated carbocycles. The molecule has 2 heterocycles. The van der Waals surface area contributed by atoms with Gasteiger partial charge in [0, 0.05) is 19.5 Å². The van der Waals surface area contributed by atoms with Crippen LogP contribution in [-0.4, -0.2) is 97.1 Å². The number of terminal acetylenes is 1. The Morgan fingerprint density at radius 1 is 1.14 bits per heavy atom. The Balaban J connectivity index is 1.52. The molecule has 1 aromatic heterocycles. The second kappa shape index (κ2) is 16.5. The molecule has 1 fully saturated rings. The molecule has 1 unspecified atom stereocenters. The van der Waals surface area contributed by atoms with Crippen molar-refractivity contribution < 1.29 is 33.7 Å². The molecule has 3 amide bonds. The van der Waals surface area contributed by atoms with Crippen LogP contribution >= 0.6 is 11.3 Å². The molecular weight excluding hydrogens is 572 g/mol. The minimum atomic E-state index is -0.934. The first-order chi connectivity index (χ1) is 20.5. The van der Waals surface area contributed by atoms with Gasteiger partial charge < -0.3 is 34.9 Å². The molecule has 12 heteroatoms. The fourth-order valence-corrected chi connectivity index (χ4v) is 5.43. The van der Waals surface area contributed by atoms with E-state index in [9.17, 15) is 19.5 Å². The maximum atomic E-state index is 13.7. The van der Waals surface area contributed by atoms with Crippen molar-refractivity contribution in [2.24, 2.45) is 5.41 Å². The van der Waals surface area contributed by atoms with Crippen molar-refractivity contribution in [2.45, 2.75) is 58.8 Å². The molecule has 1 saturated heterocycles. The number of nitrogens with one attached hydrogen (secondary N) is 2. The van der Waals surface area contributed by atoms with Gasteiger partial charge in [-0.25, -0.2) is 4.98 Å². The zero-order chi connectivity index (χ0) is 31.4. The monoisotopic (exact) mass is 614 g/mol. The second-order valence-electron chi connectivity index (χ2n) is 11.4.